The van der Waals surface area contributed by atoms with E-state index in [2.05, 4.69) is 0 Å². The quantitative estimate of drug-likeness (QED) is 0.785. The van der Waals surface area contributed by atoms with Gasteiger partial charge in [0.15, 0.2) is 9.84 Å². The topological polar surface area (TPSA) is 97.5 Å². The minimum Gasteiger partial charge on any atom is -0.398 e. The van der Waals surface area contributed by atoms with Crippen molar-refractivity contribution in [1.82, 2.24) is 4.31 Å². The molecule has 1 aromatic carbocycles. The summed E-state index contributed by atoms with van der Waals surface area (Å²) in [7, 11) is -7.41. The highest BCUT2D eigenvalue weighted by atomic mass is 32.2. The Labute approximate surface area is 117 Å². The molecule has 0 radical (unpaired) electrons. The van der Waals surface area contributed by atoms with Crippen LogP contribution in [0.25, 0.3) is 0 Å². The fraction of sp³-hybridized carbons (Fsp3) is 0.455. The van der Waals surface area contributed by atoms with Crippen LogP contribution in [-0.4, -0.2) is 45.2 Å². The molecule has 0 aromatic heterocycles. The number of nitrogens with two attached hydrogens (primary N) is 1. The molecule has 1 aliphatic heterocycles. The van der Waals surface area contributed by atoms with Gasteiger partial charge in [-0.15, -0.1) is 0 Å². The predicted molar refractivity (Wildman–Crippen MR) is 72.8 cm³/mol. The number of nitrogen functional groups attached to an aromatic ring is 1. The Morgan fingerprint density at radius 3 is 2.60 bits per heavy atom. The van der Waals surface area contributed by atoms with Crippen molar-refractivity contribution in [2.24, 2.45) is 0 Å². The molecule has 0 aliphatic carbocycles. The molecule has 1 atom stereocenters. The van der Waals surface area contributed by atoms with Crippen LogP contribution in [0, 0.1) is 5.82 Å². The molecule has 1 aliphatic rings. The average molecular weight is 322 g/mol. The monoisotopic (exact) mass is 322 g/mol. The molecule has 0 bridgehead atoms. The molecule has 0 saturated carbocycles. The third-order valence-electron chi connectivity index (χ3n) is 3.17. The summed E-state index contributed by atoms with van der Waals surface area (Å²) in [5.74, 6) is -1.49. The maximum absolute atomic E-state index is 13.8. The van der Waals surface area contributed by atoms with Crippen LogP contribution in [0.1, 0.15) is 6.92 Å². The zero-order valence-corrected chi connectivity index (χ0v) is 12.4. The molecule has 112 valence electrons. The maximum Gasteiger partial charge on any atom is 0.248 e. The van der Waals surface area contributed by atoms with Crippen LogP contribution in [0.15, 0.2) is 23.1 Å². The molecule has 1 saturated heterocycles. The first kappa shape index (κ1) is 15.2. The fourth-order valence-corrected chi connectivity index (χ4v) is 5.82. The molecule has 20 heavy (non-hydrogen) atoms. The van der Waals surface area contributed by atoms with Gasteiger partial charge in [-0.1, -0.05) is 6.07 Å². The van der Waals surface area contributed by atoms with Crippen LogP contribution in [0.4, 0.5) is 10.1 Å². The van der Waals surface area contributed by atoms with Crippen LogP contribution in [0.3, 0.4) is 0 Å². The number of nitrogens with zero attached hydrogens (tertiary/aromatic N) is 1. The first-order valence-corrected chi connectivity index (χ1v) is 9.17. The lowest BCUT2D eigenvalue weighted by atomic mass is 10.3. The Morgan fingerprint density at radius 2 is 2.05 bits per heavy atom. The number of hydrogen-bond acceptors (Lipinski definition) is 5. The van der Waals surface area contributed by atoms with Gasteiger partial charge in [-0.3, -0.25) is 0 Å². The lowest BCUT2D eigenvalue weighted by molar-refractivity contribution is 0.355. The molecule has 0 spiro atoms. The van der Waals surface area contributed by atoms with E-state index in [0.29, 0.717) is 0 Å². The van der Waals surface area contributed by atoms with Gasteiger partial charge < -0.3 is 5.73 Å². The zero-order chi connectivity index (χ0) is 15.1. The highest BCUT2D eigenvalue weighted by Crippen LogP contribution is 2.28. The van der Waals surface area contributed by atoms with Gasteiger partial charge in [-0.2, -0.15) is 4.31 Å². The molecule has 1 unspecified atom stereocenters. The van der Waals surface area contributed by atoms with E-state index >= 15 is 0 Å². The summed E-state index contributed by atoms with van der Waals surface area (Å²) in [4.78, 5) is -0.592. The first-order chi connectivity index (χ1) is 9.15. The van der Waals surface area contributed by atoms with E-state index in [1.165, 1.54) is 19.1 Å². The van der Waals surface area contributed by atoms with E-state index < -0.39 is 36.6 Å². The summed E-state index contributed by atoms with van der Waals surface area (Å²) < 4.78 is 62.7. The lowest BCUT2D eigenvalue weighted by Crippen LogP contribution is -2.49. The Kier molecular flexibility index (Phi) is 3.78. The number of benzene rings is 1. The van der Waals surface area contributed by atoms with E-state index in [-0.39, 0.29) is 23.7 Å². The van der Waals surface area contributed by atoms with Crippen molar-refractivity contribution in [1.29, 1.82) is 0 Å². The van der Waals surface area contributed by atoms with Gasteiger partial charge >= 0.3 is 0 Å². The largest absolute Gasteiger partial charge is 0.398 e. The number of sulfone groups is 1. The number of hydrogen-bond donors (Lipinski definition) is 1. The van der Waals surface area contributed by atoms with Gasteiger partial charge in [0.1, 0.15) is 10.7 Å². The molecular weight excluding hydrogens is 307 g/mol. The van der Waals surface area contributed by atoms with Crippen LogP contribution in [0.5, 0.6) is 0 Å². The van der Waals surface area contributed by atoms with Gasteiger partial charge in [0.05, 0.1) is 17.2 Å². The van der Waals surface area contributed by atoms with Crippen molar-refractivity contribution in [3.05, 3.63) is 24.0 Å². The van der Waals surface area contributed by atoms with Crippen LogP contribution >= 0.6 is 0 Å². The van der Waals surface area contributed by atoms with Gasteiger partial charge in [0.2, 0.25) is 10.0 Å². The number of sulfonamides is 1. The summed E-state index contributed by atoms with van der Waals surface area (Å²) in [6.07, 6.45) is 0. The van der Waals surface area contributed by atoms with Gasteiger partial charge in [-0.25, -0.2) is 21.2 Å². The standard InChI is InChI=1S/C11H15FN2O4S2/c1-8-7-19(15,16)6-5-14(8)20(17,18)11-9(12)3-2-4-10(11)13/h2-4,8H,5-7,13H2,1H3. The average Bonchev–Trinajstić information content (AvgIpc) is 2.25. The minimum absolute atomic E-state index is 0.189. The van der Waals surface area contributed by atoms with Crippen LogP contribution in [0.2, 0.25) is 0 Å². The van der Waals surface area contributed by atoms with Crippen LogP contribution in [-0.2, 0) is 19.9 Å². The summed E-state index contributed by atoms with van der Waals surface area (Å²) in [6, 6.07) is 2.86. The van der Waals surface area contributed by atoms with Crippen molar-refractivity contribution < 1.29 is 21.2 Å². The van der Waals surface area contributed by atoms with E-state index in [9.17, 15) is 21.2 Å². The SMILES string of the molecule is CC1CS(=O)(=O)CCN1S(=O)(=O)c1c(N)cccc1F. The predicted octanol–water partition coefficient (Wildman–Crippen LogP) is 0.216. The van der Waals surface area contributed by atoms with E-state index in [0.717, 1.165) is 10.4 Å². The molecule has 2 rings (SSSR count). The fourth-order valence-electron chi connectivity index (χ4n) is 2.26. The molecule has 9 heteroatoms. The third-order valence-corrected chi connectivity index (χ3v) is 7.07. The van der Waals surface area contributed by atoms with Gasteiger partial charge in [0, 0.05) is 12.6 Å². The Balaban J connectivity index is 2.47. The minimum atomic E-state index is -4.15. The molecule has 1 heterocycles. The number of anilines is 1. The molecule has 1 aromatic rings. The number of halogens is 1. The maximum atomic E-state index is 13.8. The summed E-state index contributed by atoms with van der Waals surface area (Å²) in [5.41, 5.74) is 5.36. The summed E-state index contributed by atoms with van der Waals surface area (Å²) in [6.45, 7) is 1.28. The van der Waals surface area contributed by atoms with Crippen molar-refractivity contribution in [2.45, 2.75) is 17.9 Å². The van der Waals surface area contributed by atoms with Gasteiger partial charge in [-0.05, 0) is 19.1 Å². The third kappa shape index (κ3) is 2.65. The summed E-state index contributed by atoms with van der Waals surface area (Å²) in [5, 5.41) is 0. The highest BCUT2D eigenvalue weighted by molar-refractivity contribution is 7.92. The van der Waals surface area contributed by atoms with Crippen molar-refractivity contribution >= 4 is 25.5 Å². The van der Waals surface area contributed by atoms with E-state index in [4.69, 9.17) is 5.73 Å². The first-order valence-electron chi connectivity index (χ1n) is 5.91. The second kappa shape index (κ2) is 4.97. The molecule has 2 N–H and O–H groups in total. The zero-order valence-electron chi connectivity index (χ0n) is 10.8. The highest BCUT2D eigenvalue weighted by Gasteiger charge is 2.38. The van der Waals surface area contributed by atoms with Gasteiger partial charge in [0.25, 0.3) is 0 Å². The Hall–Kier alpha value is -1.19. The smallest absolute Gasteiger partial charge is 0.248 e. The number of rotatable bonds is 2. The van der Waals surface area contributed by atoms with E-state index in [1.54, 1.807) is 0 Å². The normalized spacial score (nSPS) is 23.6. The summed E-state index contributed by atoms with van der Waals surface area (Å²) >= 11 is 0. The van der Waals surface area contributed by atoms with Crippen molar-refractivity contribution in [2.75, 3.05) is 23.8 Å². The Bertz CT molecular complexity index is 711. The molecule has 6 nitrogen and oxygen atoms in total. The second-order valence-corrected chi connectivity index (χ2v) is 8.79. The van der Waals surface area contributed by atoms with E-state index in [1.807, 2.05) is 0 Å². The lowest BCUT2D eigenvalue weighted by Gasteiger charge is -2.32. The van der Waals surface area contributed by atoms with Crippen molar-refractivity contribution in [3.8, 4) is 0 Å². The Morgan fingerprint density at radius 1 is 1.40 bits per heavy atom. The van der Waals surface area contributed by atoms with Crippen LogP contribution < -0.4 is 5.73 Å². The second-order valence-electron chi connectivity index (χ2n) is 4.74. The molecule has 1 fully saturated rings. The van der Waals surface area contributed by atoms with Crippen molar-refractivity contribution in [3.63, 3.8) is 0 Å². The molecule has 0 amide bonds. The molecular formula is C11H15FN2O4S2.